The molecule has 1 amide bonds. The molecule has 2 aromatic heterocycles. The summed E-state index contributed by atoms with van der Waals surface area (Å²) in [6, 6.07) is 2.92. The van der Waals surface area contributed by atoms with Crippen LogP contribution in [0.3, 0.4) is 0 Å². The van der Waals surface area contributed by atoms with Crippen molar-refractivity contribution < 1.29 is 62.5 Å². The maximum atomic E-state index is 13.3. The fourth-order valence-corrected chi connectivity index (χ4v) is 6.64. The van der Waals surface area contributed by atoms with Crippen LogP contribution in [0.25, 0.3) is 0 Å². The summed E-state index contributed by atoms with van der Waals surface area (Å²) in [5.41, 5.74) is 2.12. The number of thiophene rings is 1. The van der Waals surface area contributed by atoms with E-state index in [1.165, 1.54) is 18.4 Å². The summed E-state index contributed by atoms with van der Waals surface area (Å²) in [5, 5.41) is 41.5. The lowest BCUT2D eigenvalue weighted by Gasteiger charge is -2.19. The lowest BCUT2D eigenvalue weighted by atomic mass is 10.0. The zero-order valence-electron chi connectivity index (χ0n) is 24.8. The third kappa shape index (κ3) is 10.0. The molecule has 3 rings (SSSR count). The van der Waals surface area contributed by atoms with Gasteiger partial charge in [-0.1, -0.05) is 22.8 Å². The van der Waals surface area contributed by atoms with E-state index in [4.69, 9.17) is 46.4 Å². The molecule has 0 aliphatic heterocycles. The molecular formula is C25H32ClN5O13S2. The summed E-state index contributed by atoms with van der Waals surface area (Å²) in [6.07, 6.45) is -1.22. The molecule has 2 heterocycles. The van der Waals surface area contributed by atoms with Gasteiger partial charge in [0.05, 0.1) is 23.1 Å². The van der Waals surface area contributed by atoms with Crippen LogP contribution in [0.5, 0.6) is 5.75 Å². The van der Waals surface area contributed by atoms with Crippen LogP contribution >= 0.6 is 22.9 Å². The van der Waals surface area contributed by atoms with E-state index in [0.29, 0.717) is 29.5 Å². The van der Waals surface area contributed by atoms with E-state index >= 15 is 0 Å². The van der Waals surface area contributed by atoms with Crippen molar-refractivity contribution in [2.24, 2.45) is 0 Å². The Morgan fingerprint density at radius 2 is 1.83 bits per heavy atom. The average molecular weight is 710 g/mol. The second-order valence-corrected chi connectivity index (χ2v) is 12.6. The Morgan fingerprint density at radius 1 is 1.11 bits per heavy atom. The third-order valence-electron chi connectivity index (χ3n) is 6.23. The highest BCUT2D eigenvalue weighted by Gasteiger charge is 2.28. The van der Waals surface area contributed by atoms with E-state index in [0.717, 1.165) is 11.3 Å². The van der Waals surface area contributed by atoms with Crippen molar-refractivity contribution >= 4 is 56.6 Å². The molecule has 1 unspecified atom stereocenters. The van der Waals surface area contributed by atoms with Gasteiger partial charge in [-0.05, 0) is 69.5 Å². The molecule has 46 heavy (non-hydrogen) atoms. The first-order valence-corrected chi connectivity index (χ1v) is 16.0. The van der Waals surface area contributed by atoms with Crippen molar-refractivity contribution in [3.8, 4) is 5.75 Å². The fraction of sp³-hybridized carbons (Fsp3) is 0.400. The minimum absolute atomic E-state index is 0.0217. The number of benzene rings is 1. The molecule has 0 bridgehead atoms. The second-order valence-electron chi connectivity index (χ2n) is 9.65. The number of sulfonamides is 1. The van der Waals surface area contributed by atoms with Crippen LogP contribution in [0.2, 0.25) is 5.02 Å². The zero-order chi connectivity index (χ0) is 34.2. The fourth-order valence-electron chi connectivity index (χ4n) is 4.15. The van der Waals surface area contributed by atoms with Gasteiger partial charge in [-0.15, -0.1) is 11.3 Å². The van der Waals surface area contributed by atoms with Crippen LogP contribution in [-0.2, 0) is 24.4 Å². The molecule has 254 valence electrons. The first-order chi connectivity index (χ1) is 21.6. The monoisotopic (exact) mass is 709 g/mol. The summed E-state index contributed by atoms with van der Waals surface area (Å²) in [7, 11) is -4.29. The number of anilines is 2. The summed E-state index contributed by atoms with van der Waals surface area (Å²) >= 11 is 6.92. The minimum atomic E-state index is -4.29. The van der Waals surface area contributed by atoms with Gasteiger partial charge in [0.15, 0.2) is 0 Å². The number of halogens is 1. The topological polar surface area (TPSA) is 243 Å². The number of aromatic nitrogens is 1. The highest BCUT2D eigenvalue weighted by Crippen LogP contribution is 2.35. The summed E-state index contributed by atoms with van der Waals surface area (Å²) < 4.78 is 43.8. The quantitative estimate of drug-likeness (QED) is 0.0508. The number of hydrogen-bond donors (Lipinski definition) is 6. The number of hydrogen-bond acceptors (Lipinski definition) is 17. The van der Waals surface area contributed by atoms with Crippen LogP contribution in [-0.4, -0.2) is 76.6 Å². The minimum Gasteiger partial charge on any atom is -0.434 e. The molecule has 1 atom stereocenters. The Labute approximate surface area is 271 Å². The van der Waals surface area contributed by atoms with Gasteiger partial charge in [0, 0.05) is 5.56 Å². The van der Waals surface area contributed by atoms with Gasteiger partial charge in [0.25, 0.3) is 21.8 Å². The van der Waals surface area contributed by atoms with E-state index in [-0.39, 0.29) is 50.8 Å². The van der Waals surface area contributed by atoms with Crippen molar-refractivity contribution in [2.45, 2.75) is 58.0 Å². The predicted molar refractivity (Wildman–Crippen MR) is 157 cm³/mol. The van der Waals surface area contributed by atoms with Crippen molar-refractivity contribution in [1.29, 1.82) is 0 Å². The molecule has 0 fully saturated rings. The van der Waals surface area contributed by atoms with E-state index in [2.05, 4.69) is 24.9 Å². The van der Waals surface area contributed by atoms with Gasteiger partial charge in [0.2, 0.25) is 0 Å². The Kier molecular flexibility index (Phi) is 13.2. The Balaban J connectivity index is 1.64. The van der Waals surface area contributed by atoms with Crippen molar-refractivity contribution in [2.75, 3.05) is 23.3 Å². The molecule has 0 saturated carbocycles. The number of carbonyl (C=O) groups is 2. The van der Waals surface area contributed by atoms with Crippen molar-refractivity contribution in [3.05, 3.63) is 49.8 Å². The van der Waals surface area contributed by atoms with Gasteiger partial charge in [-0.25, -0.2) is 27.6 Å². The number of ether oxygens (including phenoxy) is 2. The maximum Gasteiger partial charge on any atom is 0.513 e. The standard InChI is InChI=1S/C25H32ClN5O13S2/c1-13-11-14(2)21(42-25(33)40-9-6-5-7-17(44-31(36)37)12-41-30(34)35)15(3)20(13)27-23(32)22-18(8-10-45-22)46(38,39)29-24-19(26)16(4)28-43-24/h8,10-11,17,29,34-37H,5-7,9,12H2,1-4H3,(H,27,32). The number of unbranched alkanes of at least 4 members (excludes halogenated alkanes) is 1. The Bertz CT molecular complexity index is 1630. The molecule has 1 aromatic carbocycles. The van der Waals surface area contributed by atoms with Crippen LogP contribution in [0.1, 0.15) is 51.3 Å². The first-order valence-electron chi connectivity index (χ1n) is 13.2. The molecule has 0 radical (unpaired) electrons. The molecule has 6 N–H and O–H groups in total. The van der Waals surface area contributed by atoms with E-state index < -0.39 is 45.6 Å². The van der Waals surface area contributed by atoms with E-state index in [9.17, 15) is 18.0 Å². The molecule has 0 aliphatic rings. The molecule has 21 heteroatoms. The SMILES string of the molecule is Cc1cc(C)c(OC(=O)OCCCCC(CON(O)O)ON(O)O)c(C)c1NC(=O)c1sccc1S(=O)(=O)Nc1onc(C)c1Cl. The van der Waals surface area contributed by atoms with Crippen molar-refractivity contribution in [1.82, 2.24) is 15.9 Å². The Hall–Kier alpha value is -3.41. The number of nitrogens with one attached hydrogen (secondary N) is 2. The number of nitrogens with zero attached hydrogens (tertiary/aromatic N) is 3. The summed E-state index contributed by atoms with van der Waals surface area (Å²) in [5.74, 6) is -0.904. The van der Waals surface area contributed by atoms with Crippen LogP contribution < -0.4 is 14.8 Å². The van der Waals surface area contributed by atoms with Gasteiger partial charge >= 0.3 is 6.16 Å². The van der Waals surface area contributed by atoms with Crippen LogP contribution in [0, 0.1) is 27.7 Å². The first kappa shape index (κ1) is 37.1. The largest absolute Gasteiger partial charge is 0.513 e. The smallest absolute Gasteiger partial charge is 0.434 e. The van der Waals surface area contributed by atoms with Crippen LogP contribution in [0.15, 0.2) is 26.9 Å². The highest BCUT2D eigenvalue weighted by atomic mass is 35.5. The predicted octanol–water partition coefficient (Wildman–Crippen LogP) is 4.75. The van der Waals surface area contributed by atoms with E-state index in [1.807, 2.05) is 0 Å². The molecule has 0 aliphatic carbocycles. The van der Waals surface area contributed by atoms with Gasteiger partial charge < -0.3 is 19.3 Å². The molecule has 0 spiro atoms. The normalized spacial score (nSPS) is 12.4. The lowest BCUT2D eigenvalue weighted by molar-refractivity contribution is -0.527. The summed E-state index contributed by atoms with van der Waals surface area (Å²) in [4.78, 5) is 34.4. The lowest BCUT2D eigenvalue weighted by Crippen LogP contribution is -2.31. The van der Waals surface area contributed by atoms with Gasteiger partial charge in [-0.3, -0.25) is 25.6 Å². The number of aryl methyl sites for hydroxylation is 3. The number of amides is 1. The molecule has 18 nitrogen and oxygen atoms in total. The zero-order valence-corrected chi connectivity index (χ0v) is 27.2. The average Bonchev–Trinajstić information content (AvgIpc) is 3.59. The van der Waals surface area contributed by atoms with E-state index in [1.54, 1.807) is 26.8 Å². The third-order valence-corrected chi connectivity index (χ3v) is 9.09. The van der Waals surface area contributed by atoms with Gasteiger partial charge in [-0.2, -0.15) is 0 Å². The highest BCUT2D eigenvalue weighted by molar-refractivity contribution is 7.93. The maximum absolute atomic E-state index is 13.3. The number of rotatable bonds is 16. The number of carbonyl (C=O) groups excluding carboxylic acids is 2. The second kappa shape index (κ2) is 16.4. The molecular weight excluding hydrogens is 678 g/mol. The summed E-state index contributed by atoms with van der Waals surface area (Å²) in [6.45, 7) is 6.02. The van der Waals surface area contributed by atoms with Gasteiger partial charge in [0.1, 0.15) is 38.9 Å². The molecule has 3 aromatic rings. The molecule has 0 saturated heterocycles. The van der Waals surface area contributed by atoms with Crippen LogP contribution in [0.4, 0.5) is 16.4 Å². The Morgan fingerprint density at radius 3 is 2.46 bits per heavy atom. The van der Waals surface area contributed by atoms with Crippen molar-refractivity contribution in [3.63, 3.8) is 0 Å².